The lowest BCUT2D eigenvalue weighted by Gasteiger charge is -2.17. The summed E-state index contributed by atoms with van der Waals surface area (Å²) < 4.78 is 2.13. The van der Waals surface area contributed by atoms with Gasteiger partial charge in [-0.3, -0.25) is 4.79 Å². The molecular formula is C16H23N3O2S. The Morgan fingerprint density at radius 3 is 2.86 bits per heavy atom. The first-order valence-electron chi connectivity index (χ1n) is 7.53. The summed E-state index contributed by atoms with van der Waals surface area (Å²) in [6.45, 7) is 5.21. The Morgan fingerprint density at radius 1 is 1.45 bits per heavy atom. The van der Waals surface area contributed by atoms with Crippen molar-refractivity contribution in [1.29, 1.82) is 0 Å². The normalized spacial score (nSPS) is 12.5. The standard InChI is InChI=1S/C16H23N3O2S/c1-4-19-14-8-6-5-7-13(14)17-16(19)22-11-15(21)18(3)10-9-12(2)20/h5-8,12,20H,4,9-11H2,1-3H3. The first-order chi connectivity index (χ1) is 10.5. The second-order valence-corrected chi connectivity index (χ2v) is 6.31. The number of carbonyl (C=O) groups is 1. The molecule has 5 nitrogen and oxygen atoms in total. The van der Waals surface area contributed by atoms with Crippen LogP contribution < -0.4 is 0 Å². The predicted molar refractivity (Wildman–Crippen MR) is 90.1 cm³/mol. The number of aromatic nitrogens is 2. The lowest BCUT2D eigenvalue weighted by atomic mass is 10.3. The van der Waals surface area contributed by atoms with Gasteiger partial charge in [0.2, 0.25) is 5.91 Å². The van der Waals surface area contributed by atoms with Crippen LogP contribution >= 0.6 is 11.8 Å². The molecule has 0 aliphatic rings. The van der Waals surface area contributed by atoms with Gasteiger partial charge >= 0.3 is 0 Å². The molecule has 1 amide bonds. The van der Waals surface area contributed by atoms with E-state index in [1.54, 1.807) is 18.9 Å². The summed E-state index contributed by atoms with van der Waals surface area (Å²) in [5.41, 5.74) is 2.06. The molecule has 1 unspecified atom stereocenters. The van der Waals surface area contributed by atoms with Crippen molar-refractivity contribution in [3.05, 3.63) is 24.3 Å². The van der Waals surface area contributed by atoms with Crippen molar-refractivity contribution in [2.45, 2.75) is 38.1 Å². The Labute approximate surface area is 135 Å². The van der Waals surface area contributed by atoms with E-state index in [9.17, 15) is 9.90 Å². The highest BCUT2D eigenvalue weighted by molar-refractivity contribution is 7.99. The molecule has 0 radical (unpaired) electrons. The molecule has 22 heavy (non-hydrogen) atoms. The van der Waals surface area contributed by atoms with Crippen molar-refractivity contribution >= 4 is 28.7 Å². The summed E-state index contributed by atoms with van der Waals surface area (Å²) in [6.07, 6.45) is 0.215. The van der Waals surface area contributed by atoms with E-state index in [-0.39, 0.29) is 12.0 Å². The number of thioether (sulfide) groups is 1. The van der Waals surface area contributed by atoms with Crippen molar-refractivity contribution < 1.29 is 9.90 Å². The topological polar surface area (TPSA) is 58.4 Å². The molecular weight excluding hydrogens is 298 g/mol. The summed E-state index contributed by atoms with van der Waals surface area (Å²) in [4.78, 5) is 18.4. The zero-order chi connectivity index (χ0) is 16.1. The molecule has 0 bridgehead atoms. The highest BCUT2D eigenvalue weighted by Crippen LogP contribution is 2.24. The minimum atomic E-state index is -0.382. The number of hydrogen-bond donors (Lipinski definition) is 1. The Morgan fingerprint density at radius 2 is 2.18 bits per heavy atom. The lowest BCUT2D eigenvalue weighted by Crippen LogP contribution is -2.30. The van der Waals surface area contributed by atoms with Gasteiger partial charge in [-0.2, -0.15) is 0 Å². The Bertz CT molecular complexity index is 639. The Kier molecular flexibility index (Phi) is 5.85. The molecule has 1 N–H and O–H groups in total. The number of rotatable bonds is 7. The molecule has 2 aromatic rings. The molecule has 0 spiro atoms. The summed E-state index contributed by atoms with van der Waals surface area (Å²) >= 11 is 1.47. The van der Waals surface area contributed by atoms with Crippen LogP contribution in [0.2, 0.25) is 0 Å². The zero-order valence-electron chi connectivity index (χ0n) is 13.3. The summed E-state index contributed by atoms with van der Waals surface area (Å²) in [5, 5.41) is 10.2. The number of hydrogen-bond acceptors (Lipinski definition) is 4. The van der Waals surface area contributed by atoms with E-state index in [1.165, 1.54) is 11.8 Å². The van der Waals surface area contributed by atoms with E-state index in [1.807, 2.05) is 24.3 Å². The van der Waals surface area contributed by atoms with Crippen LogP contribution in [-0.2, 0) is 11.3 Å². The van der Waals surface area contributed by atoms with Gasteiger partial charge in [0.1, 0.15) is 0 Å². The van der Waals surface area contributed by atoms with Crippen LogP contribution in [0.5, 0.6) is 0 Å². The quantitative estimate of drug-likeness (QED) is 0.796. The second kappa shape index (κ2) is 7.65. The Hall–Kier alpha value is -1.53. The first kappa shape index (κ1) is 16.8. The molecule has 0 saturated heterocycles. The molecule has 6 heteroatoms. The van der Waals surface area contributed by atoms with Gasteiger partial charge in [-0.15, -0.1) is 0 Å². The fraction of sp³-hybridized carbons (Fsp3) is 0.500. The summed E-state index contributed by atoms with van der Waals surface area (Å²) in [5.74, 6) is 0.417. The second-order valence-electron chi connectivity index (χ2n) is 5.37. The number of nitrogens with zero attached hydrogens (tertiary/aromatic N) is 3. The molecule has 1 aromatic heterocycles. The maximum Gasteiger partial charge on any atom is 0.232 e. The fourth-order valence-electron chi connectivity index (χ4n) is 2.21. The van der Waals surface area contributed by atoms with Crippen molar-refractivity contribution in [2.75, 3.05) is 19.3 Å². The van der Waals surface area contributed by atoms with E-state index < -0.39 is 0 Å². The minimum Gasteiger partial charge on any atom is -0.393 e. The van der Waals surface area contributed by atoms with E-state index in [4.69, 9.17) is 0 Å². The molecule has 0 fully saturated rings. The van der Waals surface area contributed by atoms with E-state index >= 15 is 0 Å². The third-order valence-corrected chi connectivity index (χ3v) is 4.53. The largest absolute Gasteiger partial charge is 0.393 e. The summed E-state index contributed by atoms with van der Waals surface area (Å²) in [6, 6.07) is 8.01. The molecule has 1 aromatic carbocycles. The van der Waals surface area contributed by atoms with E-state index in [0.717, 1.165) is 22.7 Å². The highest BCUT2D eigenvalue weighted by Gasteiger charge is 2.14. The van der Waals surface area contributed by atoms with Crippen molar-refractivity contribution in [2.24, 2.45) is 0 Å². The van der Waals surface area contributed by atoms with Crippen LogP contribution in [-0.4, -0.2) is 50.9 Å². The van der Waals surface area contributed by atoms with Gasteiger partial charge in [0.25, 0.3) is 0 Å². The first-order valence-corrected chi connectivity index (χ1v) is 8.51. The van der Waals surface area contributed by atoms with Gasteiger partial charge in [-0.25, -0.2) is 4.98 Å². The van der Waals surface area contributed by atoms with Crippen LogP contribution in [0, 0.1) is 0 Å². The maximum absolute atomic E-state index is 12.1. The molecule has 1 heterocycles. The molecule has 2 rings (SSSR count). The van der Waals surface area contributed by atoms with Crippen LogP contribution in [0.15, 0.2) is 29.4 Å². The van der Waals surface area contributed by atoms with Crippen molar-refractivity contribution in [3.63, 3.8) is 0 Å². The number of imidazole rings is 1. The number of aryl methyl sites for hydroxylation is 1. The molecule has 120 valence electrons. The summed E-state index contributed by atoms with van der Waals surface area (Å²) in [7, 11) is 1.77. The van der Waals surface area contributed by atoms with Gasteiger partial charge in [0.15, 0.2) is 5.16 Å². The van der Waals surface area contributed by atoms with Gasteiger partial charge in [0.05, 0.1) is 22.9 Å². The molecule has 1 atom stereocenters. The van der Waals surface area contributed by atoms with E-state index in [2.05, 4.69) is 16.5 Å². The van der Waals surface area contributed by atoms with Gasteiger partial charge in [-0.05, 0) is 32.4 Å². The van der Waals surface area contributed by atoms with Crippen LogP contribution in [0.4, 0.5) is 0 Å². The predicted octanol–water partition coefficient (Wildman–Crippen LogP) is 2.38. The van der Waals surface area contributed by atoms with Gasteiger partial charge < -0.3 is 14.6 Å². The van der Waals surface area contributed by atoms with Crippen LogP contribution in [0.3, 0.4) is 0 Å². The van der Waals surface area contributed by atoms with Crippen molar-refractivity contribution in [1.82, 2.24) is 14.5 Å². The number of aliphatic hydroxyl groups excluding tert-OH is 1. The number of aliphatic hydroxyl groups is 1. The number of benzene rings is 1. The smallest absolute Gasteiger partial charge is 0.232 e. The molecule has 0 saturated carbocycles. The fourth-order valence-corrected chi connectivity index (χ4v) is 3.23. The third kappa shape index (κ3) is 4.01. The number of amides is 1. The number of carbonyl (C=O) groups excluding carboxylic acids is 1. The zero-order valence-corrected chi connectivity index (χ0v) is 14.1. The van der Waals surface area contributed by atoms with Crippen LogP contribution in [0.1, 0.15) is 20.3 Å². The van der Waals surface area contributed by atoms with Gasteiger partial charge in [-0.1, -0.05) is 23.9 Å². The molecule has 0 aliphatic carbocycles. The molecule has 0 aliphatic heterocycles. The van der Waals surface area contributed by atoms with E-state index in [0.29, 0.717) is 18.7 Å². The van der Waals surface area contributed by atoms with Crippen molar-refractivity contribution in [3.8, 4) is 0 Å². The minimum absolute atomic E-state index is 0.0559. The monoisotopic (exact) mass is 321 g/mol. The SMILES string of the molecule is CCn1c(SCC(=O)N(C)CCC(C)O)nc2ccccc21. The average molecular weight is 321 g/mol. The average Bonchev–Trinajstić information content (AvgIpc) is 2.87. The highest BCUT2D eigenvalue weighted by atomic mass is 32.2. The number of fused-ring (bicyclic) bond motifs is 1. The maximum atomic E-state index is 12.1. The third-order valence-electron chi connectivity index (χ3n) is 3.57. The van der Waals surface area contributed by atoms with Crippen LogP contribution in [0.25, 0.3) is 11.0 Å². The number of para-hydroxylation sites is 2. The Balaban J connectivity index is 2.00. The van der Waals surface area contributed by atoms with Gasteiger partial charge in [0, 0.05) is 20.1 Å². The lowest BCUT2D eigenvalue weighted by molar-refractivity contribution is -0.127.